The second-order valence-corrected chi connectivity index (χ2v) is 9.26. The van der Waals surface area contributed by atoms with Gasteiger partial charge in [-0.05, 0) is 38.3 Å². The number of aromatic nitrogens is 2. The zero-order valence-electron chi connectivity index (χ0n) is 15.6. The van der Waals surface area contributed by atoms with Crippen LogP contribution < -0.4 is 4.90 Å². The Balaban J connectivity index is 1.45. The van der Waals surface area contributed by atoms with E-state index in [1.807, 2.05) is 36.7 Å². The quantitative estimate of drug-likeness (QED) is 0.805. The normalized spacial score (nSPS) is 18.7. The average Bonchev–Trinajstić information content (AvgIpc) is 3.24. The molecule has 7 nitrogen and oxygen atoms in total. The molecule has 3 heterocycles. The van der Waals surface area contributed by atoms with E-state index in [0.717, 1.165) is 16.9 Å². The maximum Gasteiger partial charge on any atom is 0.243 e. The first-order valence-electron chi connectivity index (χ1n) is 9.28. The molecular weight excluding hydrogens is 364 g/mol. The minimum atomic E-state index is -3.52. The highest BCUT2D eigenvalue weighted by Gasteiger charge is 2.36. The van der Waals surface area contributed by atoms with E-state index in [1.165, 1.54) is 4.31 Å². The molecule has 1 amide bonds. The molecule has 27 heavy (non-hydrogen) atoms. The third-order valence-electron chi connectivity index (χ3n) is 5.52. The Kier molecular flexibility index (Phi) is 4.55. The highest BCUT2D eigenvalue weighted by molar-refractivity contribution is 7.89. The van der Waals surface area contributed by atoms with E-state index in [4.69, 9.17) is 0 Å². The first-order valence-corrected chi connectivity index (χ1v) is 10.7. The summed E-state index contributed by atoms with van der Waals surface area (Å²) in [5, 5.41) is 4.20. The molecule has 0 aliphatic carbocycles. The first kappa shape index (κ1) is 18.2. The van der Waals surface area contributed by atoms with E-state index in [1.54, 1.807) is 17.2 Å². The van der Waals surface area contributed by atoms with Crippen LogP contribution in [0.3, 0.4) is 0 Å². The van der Waals surface area contributed by atoms with E-state index in [0.29, 0.717) is 43.9 Å². The number of carbonyl (C=O) groups excluding carboxylic acids is 1. The number of fused-ring (bicyclic) bond motifs is 1. The van der Waals surface area contributed by atoms with Crippen LogP contribution in [0.2, 0.25) is 0 Å². The zero-order chi connectivity index (χ0) is 19.2. The number of piperidine rings is 1. The van der Waals surface area contributed by atoms with E-state index >= 15 is 0 Å². The van der Waals surface area contributed by atoms with Crippen molar-refractivity contribution in [2.45, 2.75) is 38.1 Å². The van der Waals surface area contributed by atoms with Crippen LogP contribution in [0, 0.1) is 19.8 Å². The molecule has 4 rings (SSSR count). The number of hydrogen-bond acceptors (Lipinski definition) is 4. The molecule has 1 fully saturated rings. The molecule has 2 aliphatic rings. The summed E-state index contributed by atoms with van der Waals surface area (Å²) in [6.07, 6.45) is 2.80. The average molecular weight is 388 g/mol. The molecule has 8 heteroatoms. The van der Waals surface area contributed by atoms with E-state index in [2.05, 4.69) is 5.10 Å². The number of nitrogens with zero attached hydrogens (tertiary/aromatic N) is 4. The lowest BCUT2D eigenvalue weighted by Gasteiger charge is -2.32. The number of carbonyl (C=O) groups is 1. The number of benzene rings is 1. The monoisotopic (exact) mass is 388 g/mol. The van der Waals surface area contributed by atoms with Crippen molar-refractivity contribution in [1.29, 1.82) is 0 Å². The third kappa shape index (κ3) is 3.17. The standard InChI is InChI=1S/C19H24N4O3S/c1-14-3-4-17(15(2)13-14)27(25,26)21-9-6-16(7-10-21)19(24)22-11-12-23-18(22)5-8-20-23/h3-5,8,13,16H,6-7,9-12H2,1-2H3. The Morgan fingerprint density at radius 3 is 2.52 bits per heavy atom. The van der Waals surface area contributed by atoms with Crippen LogP contribution in [0.15, 0.2) is 35.4 Å². The summed E-state index contributed by atoms with van der Waals surface area (Å²) in [6.45, 7) is 5.88. The fourth-order valence-corrected chi connectivity index (χ4v) is 5.73. The van der Waals surface area contributed by atoms with Gasteiger partial charge in [-0.25, -0.2) is 13.1 Å². The molecule has 0 N–H and O–H groups in total. The fourth-order valence-electron chi connectivity index (χ4n) is 4.05. The minimum absolute atomic E-state index is 0.0813. The zero-order valence-corrected chi connectivity index (χ0v) is 16.4. The van der Waals surface area contributed by atoms with Crippen LogP contribution in [-0.4, -0.2) is 48.0 Å². The molecular formula is C19H24N4O3S. The van der Waals surface area contributed by atoms with Gasteiger partial charge in [0.25, 0.3) is 0 Å². The molecule has 1 saturated heterocycles. The van der Waals surface area contributed by atoms with E-state index in [-0.39, 0.29) is 11.8 Å². The summed E-state index contributed by atoms with van der Waals surface area (Å²) in [5.74, 6) is 0.778. The molecule has 0 unspecified atom stereocenters. The van der Waals surface area contributed by atoms with Crippen molar-refractivity contribution < 1.29 is 13.2 Å². The summed E-state index contributed by atoms with van der Waals surface area (Å²) < 4.78 is 29.3. The van der Waals surface area contributed by atoms with Crippen LogP contribution in [0.25, 0.3) is 0 Å². The van der Waals surface area contributed by atoms with Crippen molar-refractivity contribution in [3.8, 4) is 0 Å². The number of hydrogen-bond donors (Lipinski definition) is 0. The Hall–Kier alpha value is -2.19. The smallest absolute Gasteiger partial charge is 0.243 e. The van der Waals surface area contributed by atoms with Gasteiger partial charge in [0.1, 0.15) is 5.82 Å². The Bertz CT molecular complexity index is 975. The highest BCUT2D eigenvalue weighted by Crippen LogP contribution is 2.29. The maximum atomic E-state index is 13.0. The number of amides is 1. The number of sulfonamides is 1. The van der Waals surface area contributed by atoms with E-state index < -0.39 is 10.0 Å². The van der Waals surface area contributed by atoms with Crippen LogP contribution >= 0.6 is 0 Å². The summed E-state index contributed by atoms with van der Waals surface area (Å²) in [4.78, 5) is 15.0. The van der Waals surface area contributed by atoms with Gasteiger partial charge in [0, 0.05) is 31.6 Å². The van der Waals surface area contributed by atoms with Crippen molar-refractivity contribution in [1.82, 2.24) is 14.1 Å². The predicted octanol–water partition coefficient (Wildman–Crippen LogP) is 1.95. The molecule has 0 radical (unpaired) electrons. The lowest BCUT2D eigenvalue weighted by atomic mass is 9.96. The van der Waals surface area contributed by atoms with Crippen molar-refractivity contribution in [3.63, 3.8) is 0 Å². The van der Waals surface area contributed by atoms with Gasteiger partial charge in [-0.2, -0.15) is 9.40 Å². The second-order valence-electron chi connectivity index (χ2n) is 7.35. The highest BCUT2D eigenvalue weighted by atomic mass is 32.2. The lowest BCUT2D eigenvalue weighted by molar-refractivity contribution is -0.123. The Morgan fingerprint density at radius 2 is 1.81 bits per heavy atom. The molecule has 0 spiro atoms. The van der Waals surface area contributed by atoms with Gasteiger partial charge in [0.05, 0.1) is 17.6 Å². The van der Waals surface area contributed by atoms with Gasteiger partial charge in [-0.15, -0.1) is 0 Å². The Labute approximate surface area is 159 Å². The van der Waals surface area contributed by atoms with Crippen LogP contribution in [0.1, 0.15) is 24.0 Å². The van der Waals surface area contributed by atoms with Crippen molar-refractivity contribution in [2.24, 2.45) is 5.92 Å². The first-order chi connectivity index (χ1) is 12.9. The molecule has 1 aromatic heterocycles. The summed E-state index contributed by atoms with van der Waals surface area (Å²) in [6, 6.07) is 7.25. The molecule has 0 saturated carbocycles. The molecule has 144 valence electrons. The van der Waals surface area contributed by atoms with Crippen LogP contribution in [-0.2, 0) is 21.4 Å². The van der Waals surface area contributed by atoms with Crippen LogP contribution in [0.4, 0.5) is 5.82 Å². The van der Waals surface area contributed by atoms with Crippen molar-refractivity contribution in [2.75, 3.05) is 24.5 Å². The molecule has 1 aromatic carbocycles. The van der Waals surface area contributed by atoms with Gasteiger partial charge in [0.2, 0.25) is 15.9 Å². The number of rotatable bonds is 3. The summed E-state index contributed by atoms with van der Waals surface area (Å²) in [5.41, 5.74) is 1.80. The molecule has 0 atom stereocenters. The van der Waals surface area contributed by atoms with E-state index in [9.17, 15) is 13.2 Å². The fraction of sp³-hybridized carbons (Fsp3) is 0.474. The van der Waals surface area contributed by atoms with Crippen molar-refractivity contribution >= 4 is 21.7 Å². The number of aryl methyl sites for hydroxylation is 2. The maximum absolute atomic E-state index is 13.0. The predicted molar refractivity (Wildman–Crippen MR) is 102 cm³/mol. The topological polar surface area (TPSA) is 75.5 Å². The molecule has 0 bridgehead atoms. The van der Waals surface area contributed by atoms with Gasteiger partial charge in [-0.3, -0.25) is 9.69 Å². The Morgan fingerprint density at radius 1 is 1.07 bits per heavy atom. The lowest BCUT2D eigenvalue weighted by Crippen LogP contribution is -2.44. The number of anilines is 1. The summed E-state index contributed by atoms with van der Waals surface area (Å²) >= 11 is 0. The van der Waals surface area contributed by atoms with Gasteiger partial charge in [-0.1, -0.05) is 17.7 Å². The van der Waals surface area contributed by atoms with Crippen molar-refractivity contribution in [3.05, 3.63) is 41.6 Å². The molecule has 2 aliphatic heterocycles. The summed E-state index contributed by atoms with van der Waals surface area (Å²) in [7, 11) is -3.52. The minimum Gasteiger partial charge on any atom is -0.295 e. The van der Waals surface area contributed by atoms with Crippen LogP contribution in [0.5, 0.6) is 0 Å². The van der Waals surface area contributed by atoms with Gasteiger partial charge >= 0.3 is 0 Å². The SMILES string of the molecule is Cc1ccc(S(=O)(=O)N2CCC(C(=O)N3CCn4nccc43)CC2)c(C)c1. The van der Waals surface area contributed by atoms with Gasteiger partial charge in [0.15, 0.2) is 0 Å². The second kappa shape index (κ2) is 6.76. The molecule has 2 aromatic rings. The van der Waals surface area contributed by atoms with Gasteiger partial charge < -0.3 is 0 Å². The third-order valence-corrected chi connectivity index (χ3v) is 7.58. The largest absolute Gasteiger partial charge is 0.295 e.